The van der Waals surface area contributed by atoms with Crippen LogP contribution in [-0.4, -0.2) is 31.4 Å². The van der Waals surface area contributed by atoms with Crippen LogP contribution in [0.5, 0.6) is 5.75 Å². The maximum atomic E-state index is 13.0. The van der Waals surface area contributed by atoms with Crippen molar-refractivity contribution in [1.29, 1.82) is 0 Å². The minimum Gasteiger partial charge on any atom is -0.486 e. The van der Waals surface area contributed by atoms with Gasteiger partial charge in [-0.05, 0) is 44.2 Å². The summed E-state index contributed by atoms with van der Waals surface area (Å²) >= 11 is 5.95. The highest BCUT2D eigenvalue weighted by Gasteiger charge is 2.22. The average molecular weight is 483 g/mol. The Morgan fingerprint density at radius 3 is 2.56 bits per heavy atom. The number of amides is 2. The van der Waals surface area contributed by atoms with E-state index in [0.29, 0.717) is 28.8 Å². The molecule has 3 aromatic heterocycles. The fourth-order valence-corrected chi connectivity index (χ4v) is 3.41. The Bertz CT molecular complexity index is 1340. The number of carbonyl (C=O) groups is 2. The molecule has 4 aromatic rings. The Kier molecular flexibility index (Phi) is 6.69. The van der Waals surface area contributed by atoms with Gasteiger partial charge in [-0.3, -0.25) is 19.0 Å². The minimum absolute atomic E-state index is 0.0726. The Labute approximate surface area is 200 Å². The molecule has 0 fully saturated rings. The van der Waals surface area contributed by atoms with Gasteiger partial charge in [0.1, 0.15) is 23.8 Å². The largest absolute Gasteiger partial charge is 0.486 e. The quantitative estimate of drug-likeness (QED) is 0.387. The molecule has 0 bridgehead atoms. The number of carbonyl (C=O) groups excluding carboxylic acids is 2. The monoisotopic (exact) mass is 482 g/mol. The first kappa shape index (κ1) is 23.1. The Morgan fingerprint density at radius 2 is 1.85 bits per heavy atom. The zero-order valence-corrected chi connectivity index (χ0v) is 19.6. The average Bonchev–Trinajstić information content (AvgIpc) is 3.53. The Hall–Kier alpha value is -4.05. The maximum Gasteiger partial charge on any atom is 0.291 e. The van der Waals surface area contributed by atoms with E-state index >= 15 is 0 Å². The SMILES string of the molecule is CCn1ncc(NC(=O)c2ccc(COc3cccc(Cl)c3)o2)c1C(=O)Nc1cnn(C)c1C. The fourth-order valence-electron chi connectivity index (χ4n) is 3.23. The molecule has 2 N–H and O–H groups in total. The summed E-state index contributed by atoms with van der Waals surface area (Å²) in [6, 6.07) is 10.2. The number of hydrogen-bond donors (Lipinski definition) is 2. The van der Waals surface area contributed by atoms with Crippen LogP contribution >= 0.6 is 11.6 Å². The van der Waals surface area contributed by atoms with Crippen molar-refractivity contribution in [3.8, 4) is 5.75 Å². The number of ether oxygens (including phenoxy) is 1. The second-order valence-corrected chi connectivity index (χ2v) is 7.85. The molecule has 0 aliphatic heterocycles. The van der Waals surface area contributed by atoms with E-state index in [1.54, 1.807) is 48.3 Å². The number of aryl methyl sites for hydroxylation is 2. The predicted octanol–water partition coefficient (Wildman–Crippen LogP) is 4.27. The molecule has 0 aliphatic rings. The third kappa shape index (κ3) is 4.96. The van der Waals surface area contributed by atoms with Crippen molar-refractivity contribution < 1.29 is 18.7 Å². The lowest BCUT2D eigenvalue weighted by molar-refractivity contribution is 0.0992. The van der Waals surface area contributed by atoms with E-state index in [9.17, 15) is 9.59 Å². The summed E-state index contributed by atoms with van der Waals surface area (Å²) in [5, 5.41) is 14.4. The summed E-state index contributed by atoms with van der Waals surface area (Å²) in [6.45, 7) is 4.26. The van der Waals surface area contributed by atoms with Gasteiger partial charge in [0.2, 0.25) is 0 Å². The molecule has 0 saturated heterocycles. The summed E-state index contributed by atoms with van der Waals surface area (Å²) < 4.78 is 14.4. The fraction of sp³-hybridized carbons (Fsp3) is 0.217. The van der Waals surface area contributed by atoms with E-state index in [1.165, 1.54) is 16.9 Å². The van der Waals surface area contributed by atoms with Gasteiger partial charge in [0.05, 0.1) is 29.5 Å². The van der Waals surface area contributed by atoms with Gasteiger partial charge < -0.3 is 19.8 Å². The van der Waals surface area contributed by atoms with E-state index in [-0.39, 0.29) is 23.7 Å². The third-order valence-electron chi connectivity index (χ3n) is 5.15. The summed E-state index contributed by atoms with van der Waals surface area (Å²) in [5.74, 6) is 0.182. The predicted molar refractivity (Wildman–Crippen MR) is 126 cm³/mol. The number of halogens is 1. The number of nitrogens with one attached hydrogen (secondary N) is 2. The lowest BCUT2D eigenvalue weighted by Gasteiger charge is -2.09. The first-order chi connectivity index (χ1) is 16.4. The highest BCUT2D eigenvalue weighted by molar-refractivity contribution is 6.30. The van der Waals surface area contributed by atoms with Gasteiger partial charge in [-0.15, -0.1) is 0 Å². The number of hydrogen-bond acceptors (Lipinski definition) is 6. The van der Waals surface area contributed by atoms with E-state index in [0.717, 1.165) is 5.69 Å². The van der Waals surface area contributed by atoms with Crippen LogP contribution in [0.25, 0.3) is 0 Å². The van der Waals surface area contributed by atoms with Crippen LogP contribution in [0.15, 0.2) is 53.2 Å². The number of nitrogens with zero attached hydrogens (tertiary/aromatic N) is 4. The van der Waals surface area contributed by atoms with Crippen molar-refractivity contribution in [2.75, 3.05) is 10.6 Å². The Morgan fingerprint density at radius 1 is 1.09 bits per heavy atom. The van der Waals surface area contributed by atoms with E-state index in [4.69, 9.17) is 20.8 Å². The standard InChI is InChI=1S/C23H23ClN6O4/c1-4-30-21(23(32)27-18-11-25-29(3)14(18)2)19(12-26-30)28-22(31)20-9-8-17(34-20)13-33-16-7-5-6-15(24)10-16/h5-12H,4,13H2,1-3H3,(H,27,32)(H,28,31). The number of aromatic nitrogens is 4. The van der Waals surface area contributed by atoms with Gasteiger partial charge in [0.15, 0.2) is 5.76 Å². The van der Waals surface area contributed by atoms with E-state index in [1.807, 2.05) is 13.8 Å². The summed E-state index contributed by atoms with van der Waals surface area (Å²) in [5.41, 5.74) is 1.85. The molecular weight excluding hydrogens is 460 g/mol. The van der Waals surface area contributed by atoms with Gasteiger partial charge in [-0.25, -0.2) is 0 Å². The van der Waals surface area contributed by atoms with E-state index < -0.39 is 11.8 Å². The first-order valence-corrected chi connectivity index (χ1v) is 10.9. The molecule has 11 heteroatoms. The Balaban J connectivity index is 1.45. The molecular formula is C23H23ClN6O4. The summed E-state index contributed by atoms with van der Waals surface area (Å²) in [6.07, 6.45) is 2.99. The van der Waals surface area contributed by atoms with Crippen LogP contribution in [0.2, 0.25) is 5.02 Å². The molecule has 0 atom stereocenters. The van der Waals surface area contributed by atoms with Crippen molar-refractivity contribution in [2.24, 2.45) is 7.05 Å². The smallest absolute Gasteiger partial charge is 0.291 e. The van der Waals surface area contributed by atoms with Crippen LogP contribution < -0.4 is 15.4 Å². The van der Waals surface area contributed by atoms with Gasteiger partial charge in [0.25, 0.3) is 11.8 Å². The lowest BCUT2D eigenvalue weighted by atomic mass is 10.3. The van der Waals surface area contributed by atoms with Gasteiger partial charge >= 0.3 is 0 Å². The molecule has 0 radical (unpaired) electrons. The molecule has 0 spiro atoms. The molecule has 10 nitrogen and oxygen atoms in total. The second kappa shape index (κ2) is 9.84. The molecule has 2 amide bonds. The number of furan rings is 1. The molecule has 0 unspecified atom stereocenters. The third-order valence-corrected chi connectivity index (χ3v) is 5.38. The number of anilines is 2. The van der Waals surface area contributed by atoms with Crippen LogP contribution in [0, 0.1) is 6.92 Å². The van der Waals surface area contributed by atoms with Crippen LogP contribution in [-0.2, 0) is 20.2 Å². The van der Waals surface area contributed by atoms with Gasteiger partial charge in [-0.1, -0.05) is 17.7 Å². The summed E-state index contributed by atoms with van der Waals surface area (Å²) in [4.78, 5) is 25.8. The first-order valence-electron chi connectivity index (χ1n) is 10.5. The zero-order chi connectivity index (χ0) is 24.2. The molecule has 176 valence electrons. The van der Waals surface area contributed by atoms with Crippen molar-refractivity contribution >= 4 is 34.8 Å². The topological polar surface area (TPSA) is 116 Å². The molecule has 4 rings (SSSR count). The molecule has 3 heterocycles. The lowest BCUT2D eigenvalue weighted by Crippen LogP contribution is -2.21. The molecule has 0 aliphatic carbocycles. The van der Waals surface area contributed by atoms with Crippen molar-refractivity contribution in [3.63, 3.8) is 0 Å². The van der Waals surface area contributed by atoms with Crippen molar-refractivity contribution in [3.05, 3.63) is 76.7 Å². The molecule has 1 aromatic carbocycles. The molecule has 0 saturated carbocycles. The second-order valence-electron chi connectivity index (χ2n) is 7.41. The highest BCUT2D eigenvalue weighted by Crippen LogP contribution is 2.22. The van der Waals surface area contributed by atoms with E-state index in [2.05, 4.69) is 20.8 Å². The van der Waals surface area contributed by atoms with Crippen LogP contribution in [0.4, 0.5) is 11.4 Å². The number of rotatable bonds is 8. The van der Waals surface area contributed by atoms with Gasteiger partial charge in [0, 0.05) is 18.6 Å². The highest BCUT2D eigenvalue weighted by atomic mass is 35.5. The zero-order valence-electron chi connectivity index (χ0n) is 18.8. The summed E-state index contributed by atoms with van der Waals surface area (Å²) in [7, 11) is 1.78. The van der Waals surface area contributed by atoms with Crippen molar-refractivity contribution in [2.45, 2.75) is 27.0 Å². The van der Waals surface area contributed by atoms with Gasteiger partial charge in [-0.2, -0.15) is 10.2 Å². The normalized spacial score (nSPS) is 10.8. The van der Waals surface area contributed by atoms with Crippen molar-refractivity contribution in [1.82, 2.24) is 19.6 Å². The van der Waals surface area contributed by atoms with Crippen LogP contribution in [0.3, 0.4) is 0 Å². The minimum atomic E-state index is -0.517. The van der Waals surface area contributed by atoms with Crippen LogP contribution in [0.1, 0.15) is 39.4 Å². The molecule has 34 heavy (non-hydrogen) atoms. The number of benzene rings is 1. The maximum absolute atomic E-state index is 13.0.